The molecule has 0 radical (unpaired) electrons. The largest absolute Gasteiger partial charge is 0.365 e. The van der Waals surface area contributed by atoms with E-state index in [-0.39, 0.29) is 11.3 Å². The lowest BCUT2D eigenvalue weighted by atomic mass is 10.2. The minimum absolute atomic E-state index is 0.101. The van der Waals surface area contributed by atoms with Crippen LogP contribution in [0.4, 0.5) is 5.69 Å². The van der Waals surface area contributed by atoms with Crippen LogP contribution in [0.2, 0.25) is 5.02 Å². The molecule has 0 fully saturated rings. The standard InChI is InChI=1S/C14H9ClN2O4/c15-12-5-1-10(2-6-12)9-16-21-14(18)11-3-7-13(8-4-11)17(19)20/h1-9H. The number of non-ortho nitro benzene ring substituents is 1. The smallest absolute Gasteiger partial charge is 0.313 e. The Balaban J connectivity index is 1.98. The molecule has 7 heteroatoms. The first-order valence-electron chi connectivity index (χ1n) is 5.81. The maximum Gasteiger partial charge on any atom is 0.365 e. The van der Waals surface area contributed by atoms with E-state index < -0.39 is 10.9 Å². The third-order valence-corrected chi connectivity index (χ3v) is 2.77. The summed E-state index contributed by atoms with van der Waals surface area (Å²) >= 11 is 5.73. The van der Waals surface area contributed by atoms with Crippen molar-refractivity contribution >= 4 is 29.5 Å². The molecule has 2 aromatic rings. The number of nitro benzene ring substituents is 1. The quantitative estimate of drug-likeness (QED) is 0.375. The number of benzene rings is 2. The lowest BCUT2D eigenvalue weighted by molar-refractivity contribution is -0.384. The van der Waals surface area contributed by atoms with Gasteiger partial charge in [0.05, 0.1) is 16.7 Å². The Kier molecular flexibility index (Phi) is 4.63. The van der Waals surface area contributed by atoms with Crippen LogP contribution in [0.15, 0.2) is 53.7 Å². The molecule has 0 aromatic heterocycles. The fraction of sp³-hybridized carbons (Fsp3) is 0. The van der Waals surface area contributed by atoms with E-state index in [2.05, 4.69) is 5.16 Å². The van der Waals surface area contributed by atoms with Gasteiger partial charge in [0, 0.05) is 17.2 Å². The van der Waals surface area contributed by atoms with E-state index in [1.807, 2.05) is 0 Å². The summed E-state index contributed by atoms with van der Waals surface area (Å²) < 4.78 is 0. The van der Waals surface area contributed by atoms with Crippen LogP contribution in [-0.4, -0.2) is 17.1 Å². The predicted molar refractivity (Wildman–Crippen MR) is 77.6 cm³/mol. The van der Waals surface area contributed by atoms with E-state index in [0.29, 0.717) is 5.02 Å². The molecule has 0 aliphatic heterocycles. The average molecular weight is 305 g/mol. The third kappa shape index (κ3) is 4.12. The van der Waals surface area contributed by atoms with Gasteiger partial charge >= 0.3 is 5.97 Å². The highest BCUT2D eigenvalue weighted by Crippen LogP contribution is 2.13. The van der Waals surface area contributed by atoms with Gasteiger partial charge < -0.3 is 4.84 Å². The van der Waals surface area contributed by atoms with Gasteiger partial charge in [-0.2, -0.15) is 0 Å². The van der Waals surface area contributed by atoms with E-state index in [9.17, 15) is 14.9 Å². The molecule has 0 spiro atoms. The number of nitrogens with zero attached hydrogens (tertiary/aromatic N) is 2. The fourth-order valence-electron chi connectivity index (χ4n) is 1.46. The Morgan fingerprint density at radius 1 is 1.14 bits per heavy atom. The Morgan fingerprint density at radius 2 is 1.76 bits per heavy atom. The first-order valence-corrected chi connectivity index (χ1v) is 6.19. The Labute approximate surface area is 124 Å². The van der Waals surface area contributed by atoms with Crippen LogP contribution in [0.25, 0.3) is 0 Å². The normalized spacial score (nSPS) is 10.5. The number of carbonyl (C=O) groups is 1. The molecule has 0 saturated heterocycles. The third-order valence-electron chi connectivity index (χ3n) is 2.52. The van der Waals surface area contributed by atoms with Gasteiger partial charge in [-0.25, -0.2) is 4.79 Å². The second-order valence-corrected chi connectivity index (χ2v) is 4.41. The van der Waals surface area contributed by atoms with Gasteiger partial charge in [-0.15, -0.1) is 0 Å². The second-order valence-electron chi connectivity index (χ2n) is 3.97. The van der Waals surface area contributed by atoms with Crippen LogP contribution >= 0.6 is 11.6 Å². The summed E-state index contributed by atoms with van der Waals surface area (Å²) in [6.45, 7) is 0. The first kappa shape index (κ1) is 14.7. The average Bonchev–Trinajstić information content (AvgIpc) is 2.49. The van der Waals surface area contributed by atoms with Gasteiger partial charge in [-0.05, 0) is 29.8 Å². The van der Waals surface area contributed by atoms with Crippen molar-refractivity contribution in [3.8, 4) is 0 Å². The van der Waals surface area contributed by atoms with Crippen molar-refractivity contribution in [2.75, 3.05) is 0 Å². The predicted octanol–water partition coefficient (Wildman–Crippen LogP) is 3.44. The number of carbonyl (C=O) groups excluding carboxylic acids is 1. The number of oxime groups is 1. The summed E-state index contributed by atoms with van der Waals surface area (Å²) in [7, 11) is 0. The van der Waals surface area contributed by atoms with Gasteiger partial charge in [0.25, 0.3) is 5.69 Å². The summed E-state index contributed by atoms with van der Waals surface area (Å²) in [6, 6.07) is 11.8. The molecule has 0 aliphatic carbocycles. The zero-order chi connectivity index (χ0) is 15.2. The van der Waals surface area contributed by atoms with Crippen LogP contribution in [-0.2, 0) is 4.84 Å². The summed E-state index contributed by atoms with van der Waals surface area (Å²) in [5.74, 6) is -0.699. The molecule has 0 aliphatic rings. The maximum absolute atomic E-state index is 11.6. The first-order chi connectivity index (χ1) is 10.1. The van der Waals surface area contributed by atoms with Crippen molar-refractivity contribution in [3.63, 3.8) is 0 Å². The molecule has 0 bridgehead atoms. The molecular weight excluding hydrogens is 296 g/mol. The molecule has 0 atom stereocenters. The Hall–Kier alpha value is -2.73. The van der Waals surface area contributed by atoms with E-state index in [0.717, 1.165) is 5.56 Å². The maximum atomic E-state index is 11.6. The van der Waals surface area contributed by atoms with Crippen LogP contribution < -0.4 is 0 Å². The van der Waals surface area contributed by atoms with Crippen LogP contribution in [0.1, 0.15) is 15.9 Å². The molecule has 0 N–H and O–H groups in total. The van der Waals surface area contributed by atoms with Crippen molar-refractivity contribution in [2.45, 2.75) is 0 Å². The Morgan fingerprint density at radius 3 is 2.33 bits per heavy atom. The van der Waals surface area contributed by atoms with E-state index in [1.54, 1.807) is 24.3 Å². The minimum atomic E-state index is -0.699. The molecule has 0 heterocycles. The van der Waals surface area contributed by atoms with Gasteiger partial charge in [0.1, 0.15) is 0 Å². The second kappa shape index (κ2) is 6.62. The highest BCUT2D eigenvalue weighted by atomic mass is 35.5. The Bertz CT molecular complexity index is 681. The van der Waals surface area contributed by atoms with Gasteiger partial charge in [0.15, 0.2) is 0 Å². The van der Waals surface area contributed by atoms with Crippen molar-refractivity contribution in [1.29, 1.82) is 0 Å². The molecule has 0 amide bonds. The number of hydrogen-bond donors (Lipinski definition) is 0. The number of hydrogen-bond acceptors (Lipinski definition) is 5. The van der Waals surface area contributed by atoms with Crippen molar-refractivity contribution < 1.29 is 14.6 Å². The summed E-state index contributed by atoms with van der Waals surface area (Å²) in [5, 5.41) is 14.6. The lowest BCUT2D eigenvalue weighted by Gasteiger charge is -1.98. The molecular formula is C14H9ClN2O4. The minimum Gasteiger partial charge on any atom is -0.313 e. The molecule has 2 aromatic carbocycles. The highest BCUT2D eigenvalue weighted by Gasteiger charge is 2.10. The van der Waals surface area contributed by atoms with Crippen LogP contribution in [0, 0.1) is 10.1 Å². The van der Waals surface area contributed by atoms with E-state index in [1.165, 1.54) is 30.5 Å². The van der Waals surface area contributed by atoms with Crippen LogP contribution in [0.3, 0.4) is 0 Å². The highest BCUT2D eigenvalue weighted by molar-refractivity contribution is 6.30. The molecule has 2 rings (SSSR count). The molecule has 0 saturated carbocycles. The number of rotatable bonds is 4. The van der Waals surface area contributed by atoms with Crippen molar-refractivity contribution in [3.05, 3.63) is 74.8 Å². The van der Waals surface area contributed by atoms with Gasteiger partial charge in [-0.3, -0.25) is 10.1 Å². The van der Waals surface area contributed by atoms with E-state index >= 15 is 0 Å². The van der Waals surface area contributed by atoms with Gasteiger partial charge in [0.2, 0.25) is 0 Å². The fourth-order valence-corrected chi connectivity index (χ4v) is 1.58. The zero-order valence-corrected chi connectivity index (χ0v) is 11.4. The molecule has 0 unspecified atom stereocenters. The van der Waals surface area contributed by atoms with Gasteiger partial charge in [-0.1, -0.05) is 28.9 Å². The van der Waals surface area contributed by atoms with Crippen LogP contribution in [0.5, 0.6) is 0 Å². The monoisotopic (exact) mass is 304 g/mol. The number of halogens is 1. The number of nitro groups is 1. The lowest BCUT2D eigenvalue weighted by Crippen LogP contribution is -2.01. The molecule has 6 nitrogen and oxygen atoms in total. The summed E-state index contributed by atoms with van der Waals surface area (Å²) in [5.41, 5.74) is 0.793. The van der Waals surface area contributed by atoms with Crippen molar-refractivity contribution in [2.24, 2.45) is 5.16 Å². The van der Waals surface area contributed by atoms with Crippen molar-refractivity contribution in [1.82, 2.24) is 0 Å². The molecule has 21 heavy (non-hydrogen) atoms. The topological polar surface area (TPSA) is 81.8 Å². The van der Waals surface area contributed by atoms with E-state index in [4.69, 9.17) is 16.4 Å². The summed E-state index contributed by atoms with van der Waals surface area (Å²) in [4.78, 5) is 26.3. The SMILES string of the molecule is O=C(ON=Cc1ccc(Cl)cc1)c1ccc([N+](=O)[O-])cc1. The molecule has 106 valence electrons. The zero-order valence-electron chi connectivity index (χ0n) is 10.6. The summed E-state index contributed by atoms with van der Waals surface area (Å²) in [6.07, 6.45) is 1.36.